The molecule has 1 aromatic rings. The molecule has 6 nitrogen and oxygen atoms in total. The fourth-order valence-electron chi connectivity index (χ4n) is 0.902. The molecular weight excluding hydrogens is 231 g/mol. The second-order valence-electron chi connectivity index (χ2n) is 2.42. The molecule has 0 aliphatic carbocycles. The van der Waals surface area contributed by atoms with Crippen LogP contribution in [0.5, 0.6) is 5.75 Å². The predicted octanol–water partition coefficient (Wildman–Crippen LogP) is 1.76. The van der Waals surface area contributed by atoms with E-state index in [-0.39, 0.29) is 0 Å². The monoisotopic (exact) mass is 233 g/mol. The van der Waals surface area contributed by atoms with Gasteiger partial charge in [0, 0.05) is 12.3 Å². The lowest BCUT2D eigenvalue weighted by Crippen LogP contribution is -2.18. The zero-order valence-electron chi connectivity index (χ0n) is 7.35. The number of aromatic nitrogens is 1. The Morgan fingerprint density at radius 2 is 2.19 bits per heavy atom. The maximum absolute atomic E-state index is 11.9. The van der Waals surface area contributed by atoms with Crippen LogP contribution < -0.4 is 4.74 Å². The summed E-state index contributed by atoms with van der Waals surface area (Å²) in [4.78, 5) is 12.6. The Bertz CT molecular complexity index is 466. The summed E-state index contributed by atoms with van der Waals surface area (Å²) in [6.07, 6.45) is -4.26. The van der Waals surface area contributed by atoms with Crippen LogP contribution in [0.1, 0.15) is 5.69 Å². The van der Waals surface area contributed by atoms with Crippen molar-refractivity contribution in [1.29, 1.82) is 5.26 Å². The Morgan fingerprint density at radius 3 is 2.62 bits per heavy atom. The highest BCUT2D eigenvalue weighted by Gasteiger charge is 2.35. The van der Waals surface area contributed by atoms with E-state index in [2.05, 4.69) is 9.72 Å². The van der Waals surface area contributed by atoms with E-state index in [1.165, 1.54) is 6.07 Å². The van der Waals surface area contributed by atoms with Gasteiger partial charge in [0.2, 0.25) is 11.4 Å². The lowest BCUT2D eigenvalue weighted by molar-refractivity contribution is -0.389. The zero-order chi connectivity index (χ0) is 12.3. The fraction of sp³-hybridized carbons (Fsp3) is 0.143. The third-order valence-corrected chi connectivity index (χ3v) is 1.40. The van der Waals surface area contributed by atoms with E-state index in [9.17, 15) is 23.3 Å². The summed E-state index contributed by atoms with van der Waals surface area (Å²) in [5, 5.41) is 18.9. The summed E-state index contributed by atoms with van der Waals surface area (Å²) < 4.78 is 39.0. The molecule has 0 saturated heterocycles. The molecule has 9 heteroatoms. The van der Waals surface area contributed by atoms with Gasteiger partial charge in [0.15, 0.2) is 0 Å². The highest BCUT2D eigenvalue weighted by molar-refractivity contribution is 5.54. The third-order valence-electron chi connectivity index (χ3n) is 1.40. The van der Waals surface area contributed by atoms with E-state index >= 15 is 0 Å². The first-order valence-corrected chi connectivity index (χ1v) is 3.64. The molecule has 0 fully saturated rings. The van der Waals surface area contributed by atoms with Crippen LogP contribution in [0.15, 0.2) is 12.3 Å². The van der Waals surface area contributed by atoms with Crippen molar-refractivity contribution in [2.75, 3.05) is 0 Å². The molecule has 0 aliphatic rings. The normalized spacial score (nSPS) is 10.6. The summed E-state index contributed by atoms with van der Waals surface area (Å²) in [6, 6.07) is 1.96. The molecule has 0 unspecified atom stereocenters. The number of hydrogen-bond acceptors (Lipinski definition) is 5. The van der Waals surface area contributed by atoms with Crippen molar-refractivity contribution in [1.82, 2.24) is 4.98 Å². The number of ether oxygens (including phenoxy) is 1. The first-order valence-electron chi connectivity index (χ1n) is 3.64. The minimum Gasteiger partial charge on any atom is -0.398 e. The number of nitro groups is 1. The molecule has 0 bridgehead atoms. The standard InChI is InChI=1S/C7H2F3N3O3/c8-7(9,10)16-5-1-2-12-4(3-11)6(5)13(14)15/h1-2H. The van der Waals surface area contributed by atoms with Gasteiger partial charge in [-0.3, -0.25) is 10.1 Å². The second kappa shape index (κ2) is 4.01. The molecule has 0 saturated carbocycles. The lowest BCUT2D eigenvalue weighted by Gasteiger charge is -2.08. The number of nitriles is 1. The molecule has 1 heterocycles. The molecule has 0 atom stereocenters. The number of rotatable bonds is 2. The summed E-state index contributed by atoms with van der Waals surface area (Å²) in [6.45, 7) is 0. The van der Waals surface area contributed by atoms with Crippen molar-refractivity contribution in [3.05, 3.63) is 28.1 Å². The van der Waals surface area contributed by atoms with Gasteiger partial charge in [-0.15, -0.1) is 13.2 Å². The number of alkyl halides is 3. The van der Waals surface area contributed by atoms with E-state index in [1.807, 2.05) is 0 Å². The minimum absolute atomic E-state index is 0.659. The van der Waals surface area contributed by atoms with Crippen LogP contribution in [-0.2, 0) is 0 Å². The summed E-state index contributed by atoms with van der Waals surface area (Å²) >= 11 is 0. The van der Waals surface area contributed by atoms with Crippen LogP contribution in [0.25, 0.3) is 0 Å². The fourth-order valence-corrected chi connectivity index (χ4v) is 0.902. The van der Waals surface area contributed by atoms with Gasteiger partial charge >= 0.3 is 12.0 Å². The Hall–Kier alpha value is -2.37. The third kappa shape index (κ3) is 2.57. The first kappa shape index (κ1) is 11.7. The van der Waals surface area contributed by atoms with Gasteiger partial charge in [-0.2, -0.15) is 5.26 Å². The van der Waals surface area contributed by atoms with Crippen molar-refractivity contribution in [2.45, 2.75) is 6.36 Å². The smallest absolute Gasteiger partial charge is 0.398 e. The number of hydrogen-bond donors (Lipinski definition) is 0. The Labute approximate surface area is 86.0 Å². The van der Waals surface area contributed by atoms with Crippen molar-refractivity contribution < 1.29 is 22.8 Å². The summed E-state index contributed by atoms with van der Waals surface area (Å²) in [7, 11) is 0. The van der Waals surface area contributed by atoms with Crippen LogP contribution in [0.3, 0.4) is 0 Å². The highest BCUT2D eigenvalue weighted by atomic mass is 19.4. The van der Waals surface area contributed by atoms with Gasteiger partial charge in [-0.1, -0.05) is 0 Å². The van der Waals surface area contributed by atoms with Gasteiger partial charge in [0.1, 0.15) is 6.07 Å². The Kier molecular flexibility index (Phi) is 2.94. The second-order valence-corrected chi connectivity index (χ2v) is 2.42. The quantitative estimate of drug-likeness (QED) is 0.573. The largest absolute Gasteiger partial charge is 0.573 e. The number of pyridine rings is 1. The molecule has 16 heavy (non-hydrogen) atoms. The topological polar surface area (TPSA) is 89.0 Å². The van der Waals surface area contributed by atoms with Crippen LogP contribution in [0.4, 0.5) is 18.9 Å². The van der Waals surface area contributed by atoms with Gasteiger partial charge in [0.05, 0.1) is 4.92 Å². The van der Waals surface area contributed by atoms with E-state index in [0.717, 1.165) is 6.20 Å². The Morgan fingerprint density at radius 1 is 1.56 bits per heavy atom. The molecule has 0 radical (unpaired) electrons. The van der Waals surface area contributed by atoms with E-state index in [0.29, 0.717) is 6.07 Å². The minimum atomic E-state index is -5.07. The van der Waals surface area contributed by atoms with Gasteiger partial charge in [-0.05, 0) is 0 Å². The van der Waals surface area contributed by atoms with E-state index in [4.69, 9.17) is 5.26 Å². The van der Waals surface area contributed by atoms with Crippen molar-refractivity contribution >= 4 is 5.69 Å². The molecule has 1 rings (SSSR count). The van der Waals surface area contributed by atoms with Crippen molar-refractivity contribution in [2.24, 2.45) is 0 Å². The molecule has 0 spiro atoms. The van der Waals surface area contributed by atoms with Gasteiger partial charge in [0.25, 0.3) is 0 Å². The van der Waals surface area contributed by atoms with E-state index in [1.54, 1.807) is 0 Å². The van der Waals surface area contributed by atoms with Crippen LogP contribution in [-0.4, -0.2) is 16.3 Å². The molecule has 0 aliphatic heterocycles. The first-order chi connectivity index (χ1) is 7.35. The maximum Gasteiger partial charge on any atom is 0.573 e. The highest BCUT2D eigenvalue weighted by Crippen LogP contribution is 2.32. The van der Waals surface area contributed by atoms with Crippen molar-refractivity contribution in [3.63, 3.8) is 0 Å². The van der Waals surface area contributed by atoms with Crippen molar-refractivity contribution in [3.8, 4) is 11.8 Å². The molecule has 84 valence electrons. The number of nitrogens with zero attached hydrogens (tertiary/aromatic N) is 3. The SMILES string of the molecule is N#Cc1nccc(OC(F)(F)F)c1[N+](=O)[O-]. The number of halogens is 3. The lowest BCUT2D eigenvalue weighted by atomic mass is 10.3. The van der Waals surface area contributed by atoms with Crippen LogP contribution >= 0.6 is 0 Å². The summed E-state index contributed by atoms with van der Waals surface area (Å²) in [5.41, 5.74) is -1.85. The molecule has 0 N–H and O–H groups in total. The predicted molar refractivity (Wildman–Crippen MR) is 42.3 cm³/mol. The summed E-state index contributed by atoms with van der Waals surface area (Å²) in [5.74, 6) is -1.07. The molecule has 0 aromatic carbocycles. The zero-order valence-corrected chi connectivity index (χ0v) is 7.35. The molecule has 0 amide bonds. The van der Waals surface area contributed by atoms with Gasteiger partial charge in [-0.25, -0.2) is 4.98 Å². The van der Waals surface area contributed by atoms with Crippen LogP contribution in [0, 0.1) is 21.4 Å². The maximum atomic E-state index is 11.9. The van der Waals surface area contributed by atoms with E-state index < -0.39 is 28.4 Å². The Balaban J connectivity index is 3.30. The van der Waals surface area contributed by atoms with Gasteiger partial charge < -0.3 is 4.74 Å². The average molecular weight is 233 g/mol. The average Bonchev–Trinajstić information content (AvgIpc) is 2.14. The molecular formula is C7H2F3N3O3. The van der Waals surface area contributed by atoms with Crippen LogP contribution in [0.2, 0.25) is 0 Å². The molecule has 1 aromatic heterocycles.